The summed E-state index contributed by atoms with van der Waals surface area (Å²) < 4.78 is 41.9. The lowest BCUT2D eigenvalue weighted by Crippen LogP contribution is -2.66. The Morgan fingerprint density at radius 1 is 1.09 bits per heavy atom. The van der Waals surface area contributed by atoms with E-state index in [0.717, 1.165) is 0 Å². The number of imidazole rings is 1. The normalized spacial score (nSPS) is 24.0. The molecule has 0 bridgehead atoms. The molecular weight excluding hydrogens is 643 g/mol. The molecule has 0 spiro atoms. The van der Waals surface area contributed by atoms with E-state index < -0.39 is 46.6 Å². The molecule has 2 saturated heterocycles. The fourth-order valence-electron chi connectivity index (χ4n) is 6.62. The number of fused-ring (bicyclic) bond motifs is 2. The summed E-state index contributed by atoms with van der Waals surface area (Å²) in [5.74, 6) is -0.243. The number of anilines is 1. The van der Waals surface area contributed by atoms with Crippen LogP contribution in [0, 0.1) is 21.4 Å². The molecule has 4 heterocycles. The molecule has 0 radical (unpaired) electrons. The predicted octanol–water partition coefficient (Wildman–Crippen LogP) is 5.87. The zero-order chi connectivity index (χ0) is 34.3. The van der Waals surface area contributed by atoms with Gasteiger partial charge in [0.25, 0.3) is 5.88 Å². The number of nitrogen functional groups attached to an aromatic ring is 1. The predicted molar refractivity (Wildman–Crippen MR) is 176 cm³/mol. The Morgan fingerprint density at radius 2 is 1.74 bits per heavy atom. The highest BCUT2D eigenvalue weighted by atomic mass is 28.5. The Labute approximate surface area is 275 Å². The number of ether oxygens (including phenoxy) is 3. The maximum absolute atomic E-state index is 11.6. The van der Waals surface area contributed by atoms with E-state index >= 15 is 0 Å². The third-order valence-corrected chi connectivity index (χ3v) is 19.2. The lowest BCUT2D eigenvalue weighted by molar-refractivity contribution is -0.385. The topological polar surface area (TPSA) is 192 Å². The van der Waals surface area contributed by atoms with Crippen LogP contribution in [0.25, 0.3) is 11.2 Å². The molecule has 4 atom stereocenters. The number of nitriles is 1. The van der Waals surface area contributed by atoms with Crippen LogP contribution in [0.2, 0.25) is 22.2 Å². The van der Waals surface area contributed by atoms with Gasteiger partial charge in [-0.1, -0.05) is 67.5 Å². The molecular formula is C30H43N7O8Si2. The van der Waals surface area contributed by atoms with Gasteiger partial charge in [0.2, 0.25) is 11.7 Å². The summed E-state index contributed by atoms with van der Waals surface area (Å²) in [5, 5.41) is 21.2. The van der Waals surface area contributed by atoms with Crippen LogP contribution >= 0.6 is 0 Å². The van der Waals surface area contributed by atoms with E-state index in [1.54, 1.807) is 10.6 Å². The van der Waals surface area contributed by atoms with Gasteiger partial charge in [-0.25, -0.2) is 4.98 Å². The number of nitrogens with two attached hydrogens (primary N) is 1. The summed E-state index contributed by atoms with van der Waals surface area (Å²) in [7, 11) is -5.89. The number of hydrogen-bond acceptors (Lipinski definition) is 13. The van der Waals surface area contributed by atoms with Gasteiger partial charge < -0.3 is 32.9 Å². The lowest BCUT2D eigenvalue weighted by Gasteiger charge is -2.51. The summed E-state index contributed by atoms with van der Waals surface area (Å²) in [6.07, 6.45) is -1.36. The molecule has 17 heteroatoms. The molecule has 2 aliphatic heterocycles. The zero-order valence-electron chi connectivity index (χ0n) is 27.9. The smallest absolute Gasteiger partial charge is 0.335 e. The number of nitro benzene ring substituents is 1. The van der Waals surface area contributed by atoms with Gasteiger partial charge in [-0.3, -0.25) is 14.7 Å². The highest BCUT2D eigenvalue weighted by Crippen LogP contribution is 2.49. The van der Waals surface area contributed by atoms with Crippen molar-refractivity contribution >= 4 is 39.9 Å². The minimum absolute atomic E-state index is 0.0329. The molecule has 2 aromatic heterocycles. The second-order valence-electron chi connectivity index (χ2n) is 13.1. The van der Waals surface area contributed by atoms with Crippen molar-refractivity contribution in [1.82, 2.24) is 19.5 Å². The van der Waals surface area contributed by atoms with Crippen LogP contribution in [0.3, 0.4) is 0 Å². The highest BCUT2D eigenvalue weighted by Gasteiger charge is 2.62. The maximum Gasteiger partial charge on any atom is 0.335 e. The van der Waals surface area contributed by atoms with Crippen molar-refractivity contribution in [2.24, 2.45) is 0 Å². The molecule has 1 aromatic carbocycles. The quantitative estimate of drug-likeness (QED) is 0.151. The molecule has 15 nitrogen and oxygen atoms in total. The molecule has 47 heavy (non-hydrogen) atoms. The molecule has 0 aliphatic carbocycles. The van der Waals surface area contributed by atoms with Gasteiger partial charge in [-0.05, 0) is 28.2 Å². The van der Waals surface area contributed by atoms with Crippen LogP contribution < -0.4 is 10.5 Å². The molecule has 0 amide bonds. The van der Waals surface area contributed by atoms with E-state index in [0.29, 0.717) is 0 Å². The van der Waals surface area contributed by atoms with Crippen molar-refractivity contribution in [2.45, 2.75) is 102 Å². The number of nitro groups is 1. The maximum atomic E-state index is 11.6. The van der Waals surface area contributed by atoms with Crippen molar-refractivity contribution < 1.29 is 32.1 Å². The first-order valence-electron chi connectivity index (χ1n) is 15.8. The molecule has 2 fully saturated rings. The molecule has 2 aliphatic rings. The first-order chi connectivity index (χ1) is 22.3. The van der Waals surface area contributed by atoms with Crippen molar-refractivity contribution in [2.75, 3.05) is 18.9 Å². The van der Waals surface area contributed by atoms with Gasteiger partial charge in [0, 0.05) is 6.07 Å². The number of para-hydroxylation sites is 2. The van der Waals surface area contributed by atoms with Crippen LogP contribution in [0.15, 0.2) is 30.6 Å². The fraction of sp³-hybridized carbons (Fsp3) is 0.600. The monoisotopic (exact) mass is 685 g/mol. The number of nitrogens with zero attached hydrogens (tertiary/aromatic N) is 6. The minimum atomic E-state index is -3.04. The Kier molecular flexibility index (Phi) is 10.0. The summed E-state index contributed by atoms with van der Waals surface area (Å²) in [4.78, 5) is 24.2. The Morgan fingerprint density at radius 3 is 2.36 bits per heavy atom. The third-order valence-electron chi connectivity index (χ3n) is 8.91. The highest BCUT2D eigenvalue weighted by molar-refractivity contribution is 6.84. The van der Waals surface area contributed by atoms with Gasteiger partial charge in [0.05, 0.1) is 23.9 Å². The van der Waals surface area contributed by atoms with E-state index in [1.165, 1.54) is 24.5 Å². The Balaban J connectivity index is 1.60. The van der Waals surface area contributed by atoms with Gasteiger partial charge in [-0.15, -0.1) is 0 Å². The van der Waals surface area contributed by atoms with Crippen molar-refractivity contribution in [3.8, 4) is 17.7 Å². The first-order valence-corrected chi connectivity index (χ1v) is 19.8. The van der Waals surface area contributed by atoms with E-state index in [-0.39, 0.29) is 69.8 Å². The third kappa shape index (κ3) is 6.26. The van der Waals surface area contributed by atoms with Crippen molar-refractivity contribution in [3.63, 3.8) is 0 Å². The molecule has 254 valence electrons. The summed E-state index contributed by atoms with van der Waals surface area (Å²) in [6, 6.07) is 7.99. The van der Waals surface area contributed by atoms with E-state index in [9.17, 15) is 15.4 Å². The van der Waals surface area contributed by atoms with Crippen LogP contribution in [0.5, 0.6) is 11.6 Å². The number of rotatable bonds is 10. The van der Waals surface area contributed by atoms with Crippen LogP contribution in [-0.4, -0.2) is 73.1 Å². The first kappa shape index (κ1) is 34.8. The molecule has 0 saturated carbocycles. The van der Waals surface area contributed by atoms with E-state index in [4.69, 9.17) is 32.9 Å². The molecule has 2 N–H and O–H groups in total. The summed E-state index contributed by atoms with van der Waals surface area (Å²) in [5.41, 5.74) is 6.73. The average Bonchev–Trinajstić information content (AvgIpc) is 3.56. The number of aromatic nitrogens is 4. The molecule has 5 rings (SSSR count). The van der Waals surface area contributed by atoms with Gasteiger partial charge in [0.1, 0.15) is 24.9 Å². The van der Waals surface area contributed by atoms with Crippen molar-refractivity contribution in [3.05, 3.63) is 40.7 Å². The van der Waals surface area contributed by atoms with Crippen molar-refractivity contribution in [1.29, 1.82) is 5.26 Å². The van der Waals surface area contributed by atoms with E-state index in [1.807, 2.05) is 0 Å². The average molecular weight is 686 g/mol. The minimum Gasteiger partial charge on any atom is -0.429 e. The summed E-state index contributed by atoms with van der Waals surface area (Å²) in [6.45, 7) is 17.1. The largest absolute Gasteiger partial charge is 0.429 e. The second kappa shape index (κ2) is 13.5. The Hall–Kier alpha value is -3.51. The van der Waals surface area contributed by atoms with E-state index in [2.05, 4.69) is 76.4 Å². The van der Waals surface area contributed by atoms with Crippen LogP contribution in [-0.2, 0) is 22.4 Å². The van der Waals surface area contributed by atoms with Gasteiger partial charge in [0.15, 0.2) is 17.4 Å². The van der Waals surface area contributed by atoms with Gasteiger partial charge >= 0.3 is 22.8 Å². The molecule has 3 aromatic rings. The second-order valence-corrected chi connectivity index (χ2v) is 21.9. The van der Waals surface area contributed by atoms with Crippen LogP contribution in [0.4, 0.5) is 11.6 Å². The lowest BCUT2D eigenvalue weighted by atomic mass is 10.1. The van der Waals surface area contributed by atoms with Crippen LogP contribution in [0.1, 0.15) is 61.6 Å². The Bertz CT molecular complexity index is 1630. The SMILES string of the molecule is CC(C)[Si]1(C(C)C)OC[C@H]2O[C@@H](n3cnc4c(Oc5ccccc5[N+](=O)[O-])nc(N)nc43)[C@H](OCC#N)[C@@H]2O[Si](C(C)C)(C(C)C)O1. The molecule has 0 unspecified atom stereocenters. The fourth-order valence-corrected chi connectivity index (χ4v) is 17.8. The summed E-state index contributed by atoms with van der Waals surface area (Å²) >= 11 is 0. The number of hydrogen-bond donors (Lipinski definition) is 1. The standard InChI is InChI=1S/C30H43N7O8Si2/c1-17(2)46(18(3)4)41-15-23-25(44-47(45-46,19(5)6)20(7)8)26(40-14-13-31)29(43-23)36-16-33-24-27(36)34-30(32)35-28(24)42-22-12-10-9-11-21(22)37(38)39/h9-12,16-20,23,25-26,29H,14-15H2,1-8H3,(H2,32,34,35)/t23-,25-,26-,29-/m1/s1. The number of benzene rings is 1. The van der Waals surface area contributed by atoms with Gasteiger partial charge in [-0.2, -0.15) is 15.2 Å². The zero-order valence-corrected chi connectivity index (χ0v) is 29.9.